The number of halogens is 2. The second kappa shape index (κ2) is 7.13. The molecule has 0 fully saturated rings. The number of hydrogen-bond acceptors (Lipinski definition) is 2. The quantitative estimate of drug-likeness (QED) is 0.772. The maximum atomic E-state index is 9.34. The highest BCUT2D eigenvalue weighted by atomic mass is 35.5. The SMILES string of the molecule is CCC(O)CNCCc1ccc(Cl)cc1Cl. The van der Waals surface area contributed by atoms with E-state index in [9.17, 15) is 5.11 Å². The monoisotopic (exact) mass is 261 g/mol. The highest BCUT2D eigenvalue weighted by Gasteiger charge is 2.02. The molecule has 1 unspecified atom stereocenters. The molecule has 1 rings (SSSR count). The summed E-state index contributed by atoms with van der Waals surface area (Å²) in [6.45, 7) is 3.39. The van der Waals surface area contributed by atoms with Crippen molar-refractivity contribution in [1.29, 1.82) is 0 Å². The van der Waals surface area contributed by atoms with Crippen LogP contribution in [0.5, 0.6) is 0 Å². The number of benzene rings is 1. The first-order chi connectivity index (χ1) is 7.63. The number of aliphatic hydroxyl groups is 1. The highest BCUT2D eigenvalue weighted by Crippen LogP contribution is 2.20. The summed E-state index contributed by atoms with van der Waals surface area (Å²) in [5.41, 5.74) is 1.07. The summed E-state index contributed by atoms with van der Waals surface area (Å²) < 4.78 is 0. The topological polar surface area (TPSA) is 32.3 Å². The third kappa shape index (κ3) is 4.71. The Morgan fingerprint density at radius 3 is 2.75 bits per heavy atom. The van der Waals surface area contributed by atoms with E-state index in [1.807, 2.05) is 19.1 Å². The summed E-state index contributed by atoms with van der Waals surface area (Å²) in [7, 11) is 0. The Labute approximate surface area is 107 Å². The maximum absolute atomic E-state index is 9.34. The molecule has 0 aliphatic rings. The van der Waals surface area contributed by atoms with Crippen LogP contribution in [0.3, 0.4) is 0 Å². The van der Waals surface area contributed by atoms with Crippen LogP contribution in [0.15, 0.2) is 18.2 Å². The van der Waals surface area contributed by atoms with Crippen LogP contribution in [0.2, 0.25) is 10.0 Å². The van der Waals surface area contributed by atoms with E-state index in [0.717, 1.165) is 24.9 Å². The average Bonchev–Trinajstić information content (AvgIpc) is 2.26. The van der Waals surface area contributed by atoms with Crippen molar-refractivity contribution in [3.63, 3.8) is 0 Å². The second-order valence-electron chi connectivity index (χ2n) is 3.75. The van der Waals surface area contributed by atoms with Crippen LogP contribution >= 0.6 is 23.2 Å². The summed E-state index contributed by atoms with van der Waals surface area (Å²) in [6, 6.07) is 5.52. The molecule has 2 nitrogen and oxygen atoms in total. The minimum Gasteiger partial charge on any atom is -0.392 e. The summed E-state index contributed by atoms with van der Waals surface area (Å²) in [5, 5.41) is 13.9. The van der Waals surface area contributed by atoms with Gasteiger partial charge >= 0.3 is 0 Å². The molecule has 0 aliphatic heterocycles. The standard InChI is InChI=1S/C12H17Cl2NO/c1-2-11(16)8-15-6-5-9-3-4-10(13)7-12(9)14/h3-4,7,11,15-16H,2,5-6,8H2,1H3. The predicted molar refractivity (Wildman–Crippen MR) is 69.3 cm³/mol. The fraction of sp³-hybridized carbons (Fsp3) is 0.500. The molecular weight excluding hydrogens is 245 g/mol. The van der Waals surface area contributed by atoms with Crippen LogP contribution in [0.1, 0.15) is 18.9 Å². The van der Waals surface area contributed by atoms with E-state index in [4.69, 9.17) is 23.2 Å². The van der Waals surface area contributed by atoms with Crippen LogP contribution in [-0.4, -0.2) is 24.3 Å². The Bertz CT molecular complexity index is 331. The Morgan fingerprint density at radius 1 is 1.38 bits per heavy atom. The third-order valence-electron chi connectivity index (χ3n) is 2.44. The molecule has 0 saturated heterocycles. The molecule has 0 amide bonds. The summed E-state index contributed by atoms with van der Waals surface area (Å²) in [4.78, 5) is 0. The lowest BCUT2D eigenvalue weighted by molar-refractivity contribution is 0.168. The molecule has 0 spiro atoms. The summed E-state index contributed by atoms with van der Waals surface area (Å²) in [6.07, 6.45) is 1.35. The maximum Gasteiger partial charge on any atom is 0.0662 e. The molecule has 4 heteroatoms. The fourth-order valence-electron chi connectivity index (χ4n) is 1.36. The first kappa shape index (κ1) is 13.8. The molecular formula is C12H17Cl2NO. The number of hydrogen-bond donors (Lipinski definition) is 2. The molecule has 0 saturated carbocycles. The minimum absolute atomic E-state index is 0.263. The van der Waals surface area contributed by atoms with Gasteiger partial charge in [-0.2, -0.15) is 0 Å². The lowest BCUT2D eigenvalue weighted by Crippen LogP contribution is -2.27. The average molecular weight is 262 g/mol. The van der Waals surface area contributed by atoms with Crippen molar-refractivity contribution in [2.24, 2.45) is 0 Å². The van der Waals surface area contributed by atoms with Crippen LogP contribution in [0, 0.1) is 0 Å². The first-order valence-corrected chi connectivity index (χ1v) is 6.21. The molecule has 2 N–H and O–H groups in total. The first-order valence-electron chi connectivity index (χ1n) is 5.46. The largest absolute Gasteiger partial charge is 0.392 e. The van der Waals surface area contributed by atoms with Gasteiger partial charge in [0.05, 0.1) is 6.10 Å². The zero-order chi connectivity index (χ0) is 12.0. The number of nitrogens with one attached hydrogen (secondary N) is 1. The van der Waals surface area contributed by atoms with Crippen LogP contribution < -0.4 is 5.32 Å². The zero-order valence-corrected chi connectivity index (χ0v) is 10.9. The van der Waals surface area contributed by atoms with Crippen molar-refractivity contribution in [3.8, 4) is 0 Å². The van der Waals surface area contributed by atoms with Gasteiger partial charge in [0.2, 0.25) is 0 Å². The molecule has 0 aromatic heterocycles. The Kier molecular flexibility index (Phi) is 6.14. The van der Waals surface area contributed by atoms with Crippen molar-refractivity contribution < 1.29 is 5.11 Å². The molecule has 0 heterocycles. The number of rotatable bonds is 6. The Balaban J connectivity index is 2.32. The molecule has 90 valence electrons. The molecule has 16 heavy (non-hydrogen) atoms. The van der Waals surface area contributed by atoms with Gasteiger partial charge in [0.1, 0.15) is 0 Å². The fourth-order valence-corrected chi connectivity index (χ4v) is 1.86. The van der Waals surface area contributed by atoms with Crippen molar-refractivity contribution in [2.75, 3.05) is 13.1 Å². The molecule has 0 bridgehead atoms. The van der Waals surface area contributed by atoms with E-state index in [-0.39, 0.29) is 6.10 Å². The van der Waals surface area contributed by atoms with Crippen molar-refractivity contribution in [2.45, 2.75) is 25.9 Å². The van der Waals surface area contributed by atoms with Gasteiger partial charge in [-0.15, -0.1) is 0 Å². The molecule has 0 aliphatic carbocycles. The van der Waals surface area contributed by atoms with E-state index >= 15 is 0 Å². The highest BCUT2D eigenvalue weighted by molar-refractivity contribution is 6.35. The van der Waals surface area contributed by atoms with Crippen molar-refractivity contribution in [3.05, 3.63) is 33.8 Å². The second-order valence-corrected chi connectivity index (χ2v) is 4.60. The van der Waals surface area contributed by atoms with E-state index < -0.39 is 0 Å². The molecule has 1 aromatic carbocycles. The minimum atomic E-state index is -0.263. The van der Waals surface area contributed by atoms with Gasteiger partial charge in [-0.3, -0.25) is 0 Å². The van der Waals surface area contributed by atoms with Gasteiger partial charge in [0.15, 0.2) is 0 Å². The third-order valence-corrected chi connectivity index (χ3v) is 3.02. The van der Waals surface area contributed by atoms with E-state index in [1.165, 1.54) is 0 Å². The number of aliphatic hydroxyl groups excluding tert-OH is 1. The van der Waals surface area contributed by atoms with Crippen LogP contribution in [-0.2, 0) is 6.42 Å². The van der Waals surface area contributed by atoms with Gasteiger partial charge in [0.25, 0.3) is 0 Å². The van der Waals surface area contributed by atoms with E-state index in [0.29, 0.717) is 16.6 Å². The molecule has 1 atom stereocenters. The van der Waals surface area contributed by atoms with Crippen LogP contribution in [0.4, 0.5) is 0 Å². The zero-order valence-electron chi connectivity index (χ0n) is 9.34. The van der Waals surface area contributed by atoms with Gasteiger partial charge in [-0.25, -0.2) is 0 Å². The van der Waals surface area contributed by atoms with Gasteiger partial charge < -0.3 is 10.4 Å². The Morgan fingerprint density at radius 2 is 2.12 bits per heavy atom. The smallest absolute Gasteiger partial charge is 0.0662 e. The van der Waals surface area contributed by atoms with Gasteiger partial charge in [-0.05, 0) is 37.1 Å². The predicted octanol–water partition coefficient (Wildman–Crippen LogP) is 2.90. The lowest BCUT2D eigenvalue weighted by atomic mass is 10.1. The van der Waals surface area contributed by atoms with Gasteiger partial charge in [-0.1, -0.05) is 36.2 Å². The Hall–Kier alpha value is -0.280. The summed E-state index contributed by atoms with van der Waals surface area (Å²) >= 11 is 11.8. The normalized spacial score (nSPS) is 12.8. The van der Waals surface area contributed by atoms with Crippen molar-refractivity contribution >= 4 is 23.2 Å². The molecule has 1 aromatic rings. The van der Waals surface area contributed by atoms with E-state index in [1.54, 1.807) is 6.07 Å². The summed E-state index contributed by atoms with van der Waals surface area (Å²) in [5.74, 6) is 0. The van der Waals surface area contributed by atoms with Crippen molar-refractivity contribution in [1.82, 2.24) is 5.32 Å². The lowest BCUT2D eigenvalue weighted by Gasteiger charge is -2.10. The van der Waals surface area contributed by atoms with Gasteiger partial charge in [0, 0.05) is 16.6 Å². The molecule has 0 radical (unpaired) electrons. The van der Waals surface area contributed by atoms with Crippen LogP contribution in [0.25, 0.3) is 0 Å². The van der Waals surface area contributed by atoms with E-state index in [2.05, 4.69) is 5.32 Å².